The topological polar surface area (TPSA) is 69.4 Å². The Morgan fingerprint density at radius 3 is 2.21 bits per heavy atom. The summed E-state index contributed by atoms with van der Waals surface area (Å²) in [5.41, 5.74) is 4.45. The molecule has 0 saturated heterocycles. The van der Waals surface area contributed by atoms with Gasteiger partial charge in [-0.3, -0.25) is 9.59 Å². The van der Waals surface area contributed by atoms with Crippen LogP contribution in [-0.4, -0.2) is 11.9 Å². The Labute approximate surface area is 165 Å². The van der Waals surface area contributed by atoms with Crippen LogP contribution in [0.25, 0.3) is 0 Å². The van der Waals surface area contributed by atoms with E-state index in [2.05, 4.69) is 0 Å². The average molecular weight is 411 g/mol. The number of esters is 1. The van der Waals surface area contributed by atoms with Gasteiger partial charge in [0.1, 0.15) is 12.4 Å². The zero-order chi connectivity index (χ0) is 22.0. The minimum atomic E-state index is -4.65. The van der Waals surface area contributed by atoms with Crippen molar-refractivity contribution in [3.8, 4) is 0 Å². The summed E-state index contributed by atoms with van der Waals surface area (Å²) >= 11 is 0. The van der Waals surface area contributed by atoms with Crippen molar-refractivity contribution in [1.82, 2.24) is 0 Å². The van der Waals surface area contributed by atoms with Crippen LogP contribution in [0.1, 0.15) is 48.9 Å². The number of halogens is 4. The zero-order valence-electron chi connectivity index (χ0n) is 16.1. The van der Waals surface area contributed by atoms with E-state index in [1.54, 1.807) is 6.07 Å². The fraction of sp³-hybridized carbons (Fsp3) is 0.333. The molecule has 2 aromatic carbocycles. The van der Waals surface area contributed by atoms with E-state index in [9.17, 15) is 27.2 Å². The number of hydrogen-bond acceptors (Lipinski definition) is 3. The number of nitrogens with two attached hydrogens (primary N) is 1. The van der Waals surface area contributed by atoms with Gasteiger partial charge in [0.05, 0.1) is 5.56 Å². The first kappa shape index (κ1) is 22.4. The normalized spacial score (nSPS) is 13.1. The molecule has 0 saturated carbocycles. The number of carbonyl (C=O) groups is 2. The monoisotopic (exact) mass is 411 g/mol. The summed E-state index contributed by atoms with van der Waals surface area (Å²) in [5.74, 6) is -4.66. The van der Waals surface area contributed by atoms with Gasteiger partial charge in [-0.2, -0.15) is 13.2 Å². The third-order valence-corrected chi connectivity index (χ3v) is 4.36. The predicted molar refractivity (Wildman–Crippen MR) is 98.3 cm³/mol. The van der Waals surface area contributed by atoms with Crippen LogP contribution in [0.15, 0.2) is 42.5 Å². The molecule has 0 aliphatic carbocycles. The second-order valence-electron chi connectivity index (χ2n) is 7.62. The summed E-state index contributed by atoms with van der Waals surface area (Å²) in [6, 6.07) is 8.16. The van der Waals surface area contributed by atoms with Crippen LogP contribution in [0.5, 0.6) is 0 Å². The minimum Gasteiger partial charge on any atom is -0.460 e. The highest BCUT2D eigenvalue weighted by Crippen LogP contribution is 2.31. The van der Waals surface area contributed by atoms with Crippen molar-refractivity contribution in [3.63, 3.8) is 0 Å². The van der Waals surface area contributed by atoms with Crippen molar-refractivity contribution < 1.29 is 31.9 Å². The molecule has 0 spiro atoms. The molecule has 0 radical (unpaired) electrons. The second-order valence-corrected chi connectivity index (χ2v) is 7.62. The van der Waals surface area contributed by atoms with E-state index in [1.807, 2.05) is 20.8 Å². The van der Waals surface area contributed by atoms with E-state index in [0.29, 0.717) is 6.07 Å². The Morgan fingerprint density at radius 2 is 1.69 bits per heavy atom. The van der Waals surface area contributed by atoms with Gasteiger partial charge in [0.2, 0.25) is 5.91 Å². The molecule has 156 valence electrons. The van der Waals surface area contributed by atoms with Gasteiger partial charge in [0, 0.05) is 5.56 Å². The lowest BCUT2D eigenvalue weighted by atomic mass is 9.86. The molecule has 0 fully saturated rings. The first-order valence-electron chi connectivity index (χ1n) is 8.72. The van der Waals surface area contributed by atoms with Gasteiger partial charge >= 0.3 is 12.1 Å². The van der Waals surface area contributed by atoms with Crippen molar-refractivity contribution in [2.24, 2.45) is 5.73 Å². The first-order valence-corrected chi connectivity index (χ1v) is 8.72. The van der Waals surface area contributed by atoms with Gasteiger partial charge in [0.15, 0.2) is 5.92 Å². The van der Waals surface area contributed by atoms with E-state index in [1.165, 1.54) is 18.2 Å². The summed E-state index contributed by atoms with van der Waals surface area (Å²) in [4.78, 5) is 24.0. The lowest BCUT2D eigenvalue weighted by Gasteiger charge is -2.20. The molecule has 0 heterocycles. The van der Waals surface area contributed by atoms with Crippen LogP contribution in [0, 0.1) is 5.82 Å². The van der Waals surface area contributed by atoms with Crippen LogP contribution < -0.4 is 5.73 Å². The predicted octanol–water partition coefficient (Wildman–Crippen LogP) is 4.45. The maximum absolute atomic E-state index is 14.3. The van der Waals surface area contributed by atoms with Crippen LogP contribution in [-0.2, 0) is 32.5 Å². The maximum Gasteiger partial charge on any atom is 0.416 e. The molecule has 2 rings (SSSR count). The van der Waals surface area contributed by atoms with Crippen molar-refractivity contribution in [1.29, 1.82) is 0 Å². The Hall–Kier alpha value is -2.90. The Morgan fingerprint density at radius 1 is 1.03 bits per heavy atom. The van der Waals surface area contributed by atoms with Gasteiger partial charge in [-0.25, -0.2) is 4.39 Å². The third-order valence-electron chi connectivity index (χ3n) is 4.36. The van der Waals surface area contributed by atoms with Crippen molar-refractivity contribution in [2.45, 2.75) is 44.9 Å². The number of benzene rings is 2. The standard InChI is InChI=1S/C21H21F4NO3/c1-20(2,3)14-8-7-13(16(22)10-14)11-29-19(28)17(18(26)27)12-5-4-6-15(9-12)21(23,24)25/h4-10,17H,11H2,1-3H3,(H2,26,27). The highest BCUT2D eigenvalue weighted by Gasteiger charge is 2.34. The van der Waals surface area contributed by atoms with Crippen molar-refractivity contribution >= 4 is 11.9 Å². The molecule has 4 nitrogen and oxygen atoms in total. The number of primary amides is 1. The minimum absolute atomic E-state index is 0.0682. The number of alkyl halides is 3. The van der Waals surface area contributed by atoms with Gasteiger partial charge in [0.25, 0.3) is 0 Å². The molecule has 29 heavy (non-hydrogen) atoms. The number of carbonyl (C=O) groups excluding carboxylic acids is 2. The third kappa shape index (κ3) is 5.56. The summed E-state index contributed by atoms with van der Waals surface area (Å²) < 4.78 is 57.9. The van der Waals surface area contributed by atoms with E-state index >= 15 is 0 Å². The van der Waals surface area contributed by atoms with Gasteiger partial charge < -0.3 is 10.5 Å². The number of rotatable bonds is 5. The summed E-state index contributed by atoms with van der Waals surface area (Å²) in [5, 5.41) is 0. The number of ether oxygens (including phenoxy) is 1. The summed E-state index contributed by atoms with van der Waals surface area (Å²) in [7, 11) is 0. The van der Waals surface area contributed by atoms with E-state index in [4.69, 9.17) is 10.5 Å². The lowest BCUT2D eigenvalue weighted by Crippen LogP contribution is -2.30. The molecule has 0 aliphatic rings. The fourth-order valence-corrected chi connectivity index (χ4v) is 2.67. The molecule has 2 N–H and O–H groups in total. The molecular weight excluding hydrogens is 390 g/mol. The molecule has 1 atom stereocenters. The molecule has 1 amide bonds. The van der Waals surface area contributed by atoms with Crippen LogP contribution in [0.4, 0.5) is 17.6 Å². The Kier molecular flexibility index (Phi) is 6.35. The summed E-state index contributed by atoms with van der Waals surface area (Å²) in [6.45, 7) is 5.24. The number of hydrogen-bond donors (Lipinski definition) is 1. The van der Waals surface area contributed by atoms with Gasteiger partial charge in [-0.1, -0.05) is 51.1 Å². The Bertz CT molecular complexity index is 917. The highest BCUT2D eigenvalue weighted by molar-refractivity contribution is 6.02. The molecule has 0 aromatic heterocycles. The maximum atomic E-state index is 14.3. The first-order chi connectivity index (χ1) is 13.3. The van der Waals surface area contributed by atoms with Crippen molar-refractivity contribution in [3.05, 3.63) is 70.5 Å². The molecule has 8 heteroatoms. The van der Waals surface area contributed by atoms with Crippen LogP contribution in [0.2, 0.25) is 0 Å². The van der Waals surface area contributed by atoms with Crippen LogP contribution in [0.3, 0.4) is 0 Å². The number of amides is 1. The molecule has 0 aliphatic heterocycles. The van der Waals surface area contributed by atoms with E-state index < -0.39 is 42.0 Å². The quantitative estimate of drug-likeness (QED) is 0.449. The lowest BCUT2D eigenvalue weighted by molar-refractivity contribution is -0.149. The SMILES string of the molecule is CC(C)(C)c1ccc(COC(=O)C(C(N)=O)c2cccc(C(F)(F)F)c2)c(F)c1. The van der Waals surface area contributed by atoms with Crippen molar-refractivity contribution in [2.75, 3.05) is 0 Å². The molecule has 1 unspecified atom stereocenters. The second kappa shape index (κ2) is 8.23. The van der Waals surface area contributed by atoms with E-state index in [0.717, 1.165) is 17.7 Å². The van der Waals surface area contributed by atoms with Crippen LogP contribution >= 0.6 is 0 Å². The van der Waals surface area contributed by atoms with Gasteiger partial charge in [-0.15, -0.1) is 0 Å². The summed E-state index contributed by atoms with van der Waals surface area (Å²) in [6.07, 6.45) is -4.65. The van der Waals surface area contributed by atoms with E-state index in [-0.39, 0.29) is 16.5 Å². The average Bonchev–Trinajstić information content (AvgIpc) is 2.59. The molecular formula is C21H21F4NO3. The Balaban J connectivity index is 2.21. The fourth-order valence-electron chi connectivity index (χ4n) is 2.67. The molecule has 0 bridgehead atoms. The zero-order valence-corrected chi connectivity index (χ0v) is 16.1. The highest BCUT2D eigenvalue weighted by atomic mass is 19.4. The largest absolute Gasteiger partial charge is 0.460 e. The smallest absolute Gasteiger partial charge is 0.416 e. The molecule has 2 aromatic rings. The van der Waals surface area contributed by atoms with Gasteiger partial charge in [-0.05, 0) is 28.7 Å².